The zero-order valence-corrected chi connectivity index (χ0v) is 11.5. The van der Waals surface area contributed by atoms with Crippen molar-refractivity contribution in [2.75, 3.05) is 19.5 Å². The molecule has 0 radical (unpaired) electrons. The highest BCUT2D eigenvalue weighted by Gasteiger charge is 2.26. The number of hydrogen-bond donors (Lipinski definition) is 1. The molecule has 1 N–H and O–H groups in total. The average molecular weight is 271 g/mol. The van der Waals surface area contributed by atoms with E-state index in [1.807, 2.05) is 12.1 Å². The van der Waals surface area contributed by atoms with Crippen molar-refractivity contribution >= 4 is 10.0 Å². The van der Waals surface area contributed by atoms with Gasteiger partial charge in [0.1, 0.15) is 13.2 Å². The summed E-state index contributed by atoms with van der Waals surface area (Å²) in [4.78, 5) is 0. The molecule has 0 aromatic heterocycles. The molecule has 2 rings (SSSR count). The van der Waals surface area contributed by atoms with E-state index in [4.69, 9.17) is 9.47 Å². The van der Waals surface area contributed by atoms with Gasteiger partial charge in [-0.3, -0.25) is 0 Å². The van der Waals surface area contributed by atoms with Gasteiger partial charge in [0, 0.05) is 0 Å². The number of ether oxygens (including phenoxy) is 2. The third kappa shape index (κ3) is 2.94. The van der Waals surface area contributed by atoms with Gasteiger partial charge in [-0.15, -0.1) is 0 Å². The van der Waals surface area contributed by atoms with Crippen LogP contribution in [-0.2, 0) is 15.6 Å². The Morgan fingerprint density at radius 2 is 1.78 bits per heavy atom. The maximum Gasteiger partial charge on any atom is 0.209 e. The van der Waals surface area contributed by atoms with E-state index in [0.29, 0.717) is 24.7 Å². The summed E-state index contributed by atoms with van der Waals surface area (Å²) in [5.74, 6) is 1.35. The van der Waals surface area contributed by atoms with Gasteiger partial charge in [0.25, 0.3) is 0 Å². The Hall–Kier alpha value is -1.27. The molecule has 0 fully saturated rings. The highest BCUT2D eigenvalue weighted by atomic mass is 32.2. The number of nitrogens with one attached hydrogen (secondary N) is 1. The van der Waals surface area contributed by atoms with Crippen molar-refractivity contribution in [3.63, 3.8) is 0 Å². The summed E-state index contributed by atoms with van der Waals surface area (Å²) in [6.07, 6.45) is 1.15. The summed E-state index contributed by atoms with van der Waals surface area (Å²) in [5, 5.41) is 0. The van der Waals surface area contributed by atoms with Crippen molar-refractivity contribution in [2.24, 2.45) is 0 Å². The first-order chi connectivity index (χ1) is 8.28. The molecule has 0 spiro atoms. The van der Waals surface area contributed by atoms with Crippen LogP contribution in [0.3, 0.4) is 0 Å². The molecule has 0 amide bonds. The summed E-state index contributed by atoms with van der Waals surface area (Å²) >= 11 is 0. The van der Waals surface area contributed by atoms with Crippen molar-refractivity contribution in [1.29, 1.82) is 0 Å². The molecule has 0 saturated carbocycles. The van der Waals surface area contributed by atoms with Crippen LogP contribution in [0, 0.1) is 0 Å². The van der Waals surface area contributed by atoms with E-state index in [-0.39, 0.29) is 0 Å². The molecule has 1 aromatic carbocycles. The Balaban J connectivity index is 2.33. The van der Waals surface area contributed by atoms with Crippen LogP contribution in [0.4, 0.5) is 0 Å². The van der Waals surface area contributed by atoms with Gasteiger partial charge in [0.15, 0.2) is 11.5 Å². The third-order valence-corrected chi connectivity index (χ3v) is 3.59. The van der Waals surface area contributed by atoms with Gasteiger partial charge in [0.2, 0.25) is 10.0 Å². The van der Waals surface area contributed by atoms with Crippen molar-refractivity contribution in [1.82, 2.24) is 4.72 Å². The van der Waals surface area contributed by atoms with Crippen molar-refractivity contribution < 1.29 is 17.9 Å². The van der Waals surface area contributed by atoms with Crippen molar-refractivity contribution in [3.8, 4) is 11.5 Å². The Labute approximate surface area is 107 Å². The predicted octanol–water partition coefficient (Wildman–Crippen LogP) is 1.24. The molecule has 1 heterocycles. The van der Waals surface area contributed by atoms with Crippen LogP contribution in [0.2, 0.25) is 0 Å². The third-order valence-electron chi connectivity index (χ3n) is 2.70. The van der Waals surface area contributed by atoms with Crippen LogP contribution >= 0.6 is 0 Å². The maximum atomic E-state index is 11.3. The first-order valence-electron chi connectivity index (χ1n) is 5.67. The second kappa shape index (κ2) is 4.44. The molecular formula is C12H17NO4S. The number of hydrogen-bond acceptors (Lipinski definition) is 4. The Kier molecular flexibility index (Phi) is 3.25. The predicted molar refractivity (Wildman–Crippen MR) is 68.4 cm³/mol. The largest absolute Gasteiger partial charge is 0.486 e. The van der Waals surface area contributed by atoms with E-state index in [0.717, 1.165) is 11.8 Å². The number of sulfonamides is 1. The minimum atomic E-state index is -3.27. The number of rotatable bonds is 3. The van der Waals surface area contributed by atoms with Gasteiger partial charge >= 0.3 is 0 Å². The zero-order chi connectivity index (χ0) is 13.4. The van der Waals surface area contributed by atoms with E-state index in [1.54, 1.807) is 19.9 Å². The second-order valence-electron chi connectivity index (χ2n) is 4.86. The quantitative estimate of drug-likeness (QED) is 0.898. The molecule has 0 atom stereocenters. The molecule has 1 aromatic rings. The zero-order valence-electron chi connectivity index (χ0n) is 10.7. The lowest BCUT2D eigenvalue weighted by molar-refractivity contribution is 0.171. The highest BCUT2D eigenvalue weighted by molar-refractivity contribution is 7.88. The summed E-state index contributed by atoms with van der Waals surface area (Å²) < 4.78 is 36.2. The Bertz CT molecular complexity index is 551. The lowest BCUT2D eigenvalue weighted by atomic mass is 9.95. The van der Waals surface area contributed by atoms with Crippen LogP contribution < -0.4 is 14.2 Å². The van der Waals surface area contributed by atoms with Gasteiger partial charge in [0.05, 0.1) is 11.8 Å². The molecule has 0 unspecified atom stereocenters. The second-order valence-corrected chi connectivity index (χ2v) is 6.61. The highest BCUT2D eigenvalue weighted by Crippen LogP contribution is 2.34. The topological polar surface area (TPSA) is 64.6 Å². The molecular weight excluding hydrogens is 254 g/mol. The molecule has 6 heteroatoms. The Morgan fingerprint density at radius 3 is 2.39 bits per heavy atom. The minimum absolute atomic E-state index is 0.510. The number of benzene rings is 1. The van der Waals surface area contributed by atoms with Crippen LogP contribution in [0.15, 0.2) is 18.2 Å². The normalized spacial score (nSPS) is 15.5. The van der Waals surface area contributed by atoms with Crippen LogP contribution in [-0.4, -0.2) is 27.9 Å². The summed E-state index contributed by atoms with van der Waals surface area (Å²) in [7, 11) is -3.27. The molecule has 100 valence electrons. The fourth-order valence-corrected chi connectivity index (χ4v) is 3.00. The molecule has 0 saturated heterocycles. The van der Waals surface area contributed by atoms with Crippen molar-refractivity contribution in [3.05, 3.63) is 23.8 Å². The standard InChI is InChI=1S/C12H17NO4S/c1-12(2,13-18(3,14)15)9-4-5-10-11(8-9)17-7-6-16-10/h4-5,8,13H,6-7H2,1-3H3. The first kappa shape index (κ1) is 13.2. The maximum absolute atomic E-state index is 11.3. The number of fused-ring (bicyclic) bond motifs is 1. The molecule has 1 aliphatic heterocycles. The fourth-order valence-electron chi connectivity index (χ4n) is 1.95. The van der Waals surface area contributed by atoms with E-state index in [9.17, 15) is 8.42 Å². The molecule has 0 aliphatic carbocycles. The van der Waals surface area contributed by atoms with Crippen LogP contribution in [0.25, 0.3) is 0 Å². The summed E-state index contributed by atoms with van der Waals surface area (Å²) in [6.45, 7) is 4.66. The summed E-state index contributed by atoms with van der Waals surface area (Å²) in [6, 6.07) is 5.45. The van der Waals surface area contributed by atoms with Crippen LogP contribution in [0.5, 0.6) is 11.5 Å². The van der Waals surface area contributed by atoms with E-state index < -0.39 is 15.6 Å². The Morgan fingerprint density at radius 1 is 1.17 bits per heavy atom. The average Bonchev–Trinajstić information content (AvgIpc) is 2.25. The van der Waals surface area contributed by atoms with Gasteiger partial charge in [-0.1, -0.05) is 6.07 Å². The van der Waals surface area contributed by atoms with E-state index in [2.05, 4.69) is 4.72 Å². The van der Waals surface area contributed by atoms with E-state index in [1.165, 1.54) is 0 Å². The molecule has 1 aliphatic rings. The molecule has 18 heavy (non-hydrogen) atoms. The lowest BCUT2D eigenvalue weighted by Crippen LogP contribution is -2.40. The van der Waals surface area contributed by atoms with E-state index >= 15 is 0 Å². The van der Waals surface area contributed by atoms with Gasteiger partial charge in [-0.2, -0.15) is 0 Å². The fraction of sp³-hybridized carbons (Fsp3) is 0.500. The van der Waals surface area contributed by atoms with Gasteiger partial charge < -0.3 is 9.47 Å². The van der Waals surface area contributed by atoms with Crippen LogP contribution in [0.1, 0.15) is 19.4 Å². The first-order valence-corrected chi connectivity index (χ1v) is 7.56. The molecule has 5 nitrogen and oxygen atoms in total. The minimum Gasteiger partial charge on any atom is -0.486 e. The van der Waals surface area contributed by atoms with Crippen molar-refractivity contribution in [2.45, 2.75) is 19.4 Å². The monoisotopic (exact) mass is 271 g/mol. The SMILES string of the molecule is CC(C)(NS(C)(=O)=O)c1ccc2c(c1)OCCO2. The van der Waals surface area contributed by atoms with Gasteiger partial charge in [-0.25, -0.2) is 13.1 Å². The lowest BCUT2D eigenvalue weighted by Gasteiger charge is -2.27. The smallest absolute Gasteiger partial charge is 0.209 e. The molecule has 0 bridgehead atoms. The summed E-state index contributed by atoms with van der Waals surface area (Å²) in [5.41, 5.74) is 0.140. The van der Waals surface area contributed by atoms with Gasteiger partial charge in [-0.05, 0) is 31.5 Å².